The van der Waals surface area contributed by atoms with Crippen molar-refractivity contribution in [2.45, 2.75) is 26.7 Å². The summed E-state index contributed by atoms with van der Waals surface area (Å²) in [5, 5.41) is 0. The highest BCUT2D eigenvalue weighted by Crippen LogP contribution is 2.34. The average molecular weight is 247 g/mol. The number of hydrogen-bond acceptors (Lipinski definition) is 3. The number of benzene rings is 1. The molecular weight excluding hydrogens is 226 g/mol. The maximum absolute atomic E-state index is 11.1. The van der Waals surface area contributed by atoms with Crippen LogP contribution in [0.3, 0.4) is 0 Å². The van der Waals surface area contributed by atoms with Gasteiger partial charge in [-0.1, -0.05) is 13.8 Å². The minimum Gasteiger partial charge on any atom is -0.397 e. The summed E-state index contributed by atoms with van der Waals surface area (Å²) in [7, 11) is 0. The number of nitrogens with zero attached hydrogens (tertiary/aromatic N) is 1. The summed E-state index contributed by atoms with van der Waals surface area (Å²) < 4.78 is 0. The number of anilines is 2. The minimum atomic E-state index is -0.437. The van der Waals surface area contributed by atoms with Gasteiger partial charge < -0.3 is 16.4 Å². The molecule has 4 heteroatoms. The summed E-state index contributed by atoms with van der Waals surface area (Å²) >= 11 is 0. The fraction of sp³-hybridized carbons (Fsp3) is 0.500. The number of primary amides is 1. The Hall–Kier alpha value is -1.71. The Bertz CT molecular complexity index is 458. The van der Waals surface area contributed by atoms with E-state index in [1.165, 1.54) is 0 Å². The molecule has 1 aliphatic rings. The molecule has 0 unspecified atom stereocenters. The Labute approximate surface area is 108 Å². The zero-order valence-corrected chi connectivity index (χ0v) is 11.1. The highest BCUT2D eigenvalue weighted by atomic mass is 16.1. The van der Waals surface area contributed by atoms with E-state index in [1.54, 1.807) is 12.1 Å². The van der Waals surface area contributed by atoms with E-state index >= 15 is 0 Å². The van der Waals surface area contributed by atoms with Gasteiger partial charge in [-0.2, -0.15) is 0 Å². The Morgan fingerprint density at radius 1 is 1.28 bits per heavy atom. The monoisotopic (exact) mass is 247 g/mol. The van der Waals surface area contributed by atoms with Crippen LogP contribution < -0.4 is 16.4 Å². The minimum absolute atomic E-state index is 0.415. The van der Waals surface area contributed by atoms with Crippen LogP contribution in [0.4, 0.5) is 11.4 Å². The number of nitrogens with two attached hydrogens (primary N) is 2. The molecule has 0 aromatic heterocycles. The van der Waals surface area contributed by atoms with E-state index in [0.717, 1.165) is 31.6 Å². The third-order valence-corrected chi connectivity index (χ3v) is 3.77. The van der Waals surface area contributed by atoms with Crippen molar-refractivity contribution in [3.8, 4) is 0 Å². The topological polar surface area (TPSA) is 72.3 Å². The normalized spacial score (nSPS) is 18.7. The smallest absolute Gasteiger partial charge is 0.248 e. The number of rotatable bonds is 2. The number of amides is 1. The molecule has 1 aromatic rings. The summed E-state index contributed by atoms with van der Waals surface area (Å²) in [6.07, 6.45) is 2.31. The van der Waals surface area contributed by atoms with Crippen molar-refractivity contribution in [3.05, 3.63) is 23.8 Å². The van der Waals surface area contributed by atoms with Crippen LogP contribution in [0.1, 0.15) is 37.0 Å². The fourth-order valence-electron chi connectivity index (χ4n) is 2.35. The fourth-order valence-corrected chi connectivity index (χ4v) is 2.35. The van der Waals surface area contributed by atoms with E-state index in [9.17, 15) is 4.79 Å². The molecule has 0 bridgehead atoms. The Kier molecular flexibility index (Phi) is 3.20. The van der Waals surface area contributed by atoms with Crippen LogP contribution in [0.2, 0.25) is 0 Å². The molecule has 0 spiro atoms. The van der Waals surface area contributed by atoms with Gasteiger partial charge >= 0.3 is 0 Å². The molecule has 1 fully saturated rings. The van der Waals surface area contributed by atoms with Crippen LogP contribution in [-0.4, -0.2) is 19.0 Å². The zero-order valence-electron chi connectivity index (χ0n) is 11.1. The van der Waals surface area contributed by atoms with Crippen LogP contribution in [0, 0.1) is 5.41 Å². The first-order chi connectivity index (χ1) is 8.39. The van der Waals surface area contributed by atoms with Crippen molar-refractivity contribution >= 4 is 17.3 Å². The number of piperidine rings is 1. The average Bonchev–Trinajstić information content (AvgIpc) is 2.29. The maximum Gasteiger partial charge on any atom is 0.248 e. The van der Waals surface area contributed by atoms with Gasteiger partial charge in [0.2, 0.25) is 5.91 Å². The highest BCUT2D eigenvalue weighted by Gasteiger charge is 2.26. The summed E-state index contributed by atoms with van der Waals surface area (Å²) in [5.74, 6) is -0.437. The molecule has 1 aliphatic heterocycles. The van der Waals surface area contributed by atoms with Crippen molar-refractivity contribution in [3.63, 3.8) is 0 Å². The first-order valence-electron chi connectivity index (χ1n) is 6.33. The van der Waals surface area contributed by atoms with Crippen molar-refractivity contribution in [2.75, 3.05) is 23.7 Å². The molecule has 0 radical (unpaired) electrons. The van der Waals surface area contributed by atoms with Gasteiger partial charge in [-0.25, -0.2) is 0 Å². The lowest BCUT2D eigenvalue weighted by molar-refractivity contribution is 0.100. The van der Waals surface area contributed by atoms with Crippen molar-refractivity contribution < 1.29 is 4.79 Å². The second-order valence-electron chi connectivity index (χ2n) is 5.79. The second kappa shape index (κ2) is 4.52. The van der Waals surface area contributed by atoms with E-state index < -0.39 is 5.91 Å². The van der Waals surface area contributed by atoms with Crippen LogP contribution in [0.5, 0.6) is 0 Å². The predicted molar refractivity (Wildman–Crippen MR) is 74.6 cm³/mol. The van der Waals surface area contributed by atoms with E-state index in [0.29, 0.717) is 16.7 Å². The lowest BCUT2D eigenvalue weighted by Crippen LogP contribution is -2.37. The lowest BCUT2D eigenvalue weighted by Gasteiger charge is -2.38. The van der Waals surface area contributed by atoms with Gasteiger partial charge in [-0.3, -0.25) is 4.79 Å². The molecule has 1 amide bonds. The largest absolute Gasteiger partial charge is 0.397 e. The SMILES string of the molecule is CC1(C)CCN(c2ccc(C(N)=O)cc2N)CC1. The molecule has 0 aliphatic carbocycles. The van der Waals surface area contributed by atoms with Crippen molar-refractivity contribution in [1.82, 2.24) is 0 Å². The first-order valence-corrected chi connectivity index (χ1v) is 6.33. The third kappa shape index (κ3) is 2.58. The van der Waals surface area contributed by atoms with Gasteiger partial charge in [0.05, 0.1) is 11.4 Å². The first kappa shape index (κ1) is 12.7. The molecule has 1 heterocycles. The van der Waals surface area contributed by atoms with Crippen LogP contribution in [0.15, 0.2) is 18.2 Å². The Morgan fingerprint density at radius 3 is 2.39 bits per heavy atom. The number of hydrogen-bond donors (Lipinski definition) is 2. The Balaban J connectivity index is 2.17. The van der Waals surface area contributed by atoms with Crippen molar-refractivity contribution in [1.29, 1.82) is 0 Å². The lowest BCUT2D eigenvalue weighted by atomic mass is 9.82. The van der Waals surface area contributed by atoms with E-state index in [2.05, 4.69) is 18.7 Å². The molecule has 4 N–H and O–H groups in total. The molecule has 4 nitrogen and oxygen atoms in total. The van der Waals surface area contributed by atoms with E-state index in [4.69, 9.17) is 11.5 Å². The van der Waals surface area contributed by atoms with Gasteiger partial charge in [0, 0.05) is 18.7 Å². The Morgan fingerprint density at radius 2 is 1.89 bits per heavy atom. The summed E-state index contributed by atoms with van der Waals surface area (Å²) in [5.41, 5.74) is 13.8. The molecular formula is C14H21N3O. The van der Waals surface area contributed by atoms with Gasteiger partial charge in [0.25, 0.3) is 0 Å². The number of nitrogen functional groups attached to an aromatic ring is 1. The third-order valence-electron chi connectivity index (χ3n) is 3.77. The molecule has 0 saturated carbocycles. The molecule has 98 valence electrons. The summed E-state index contributed by atoms with van der Waals surface area (Å²) in [6, 6.07) is 5.30. The maximum atomic E-state index is 11.1. The predicted octanol–water partition coefficient (Wildman–Crippen LogP) is 1.99. The highest BCUT2D eigenvalue weighted by molar-refractivity contribution is 5.94. The van der Waals surface area contributed by atoms with Gasteiger partial charge in [-0.15, -0.1) is 0 Å². The summed E-state index contributed by atoms with van der Waals surface area (Å²) in [6.45, 7) is 6.61. The van der Waals surface area contributed by atoms with E-state index in [1.807, 2.05) is 6.07 Å². The van der Waals surface area contributed by atoms with E-state index in [-0.39, 0.29) is 0 Å². The molecule has 2 rings (SSSR count). The van der Waals surface area contributed by atoms with Gasteiger partial charge in [-0.05, 0) is 36.5 Å². The molecule has 1 aromatic carbocycles. The van der Waals surface area contributed by atoms with Gasteiger partial charge in [0.15, 0.2) is 0 Å². The molecule has 18 heavy (non-hydrogen) atoms. The molecule has 1 saturated heterocycles. The quantitative estimate of drug-likeness (QED) is 0.785. The second-order valence-corrected chi connectivity index (χ2v) is 5.79. The van der Waals surface area contributed by atoms with Crippen LogP contribution in [-0.2, 0) is 0 Å². The zero-order chi connectivity index (χ0) is 13.3. The number of carbonyl (C=O) groups is 1. The summed E-state index contributed by atoms with van der Waals surface area (Å²) in [4.78, 5) is 13.4. The van der Waals surface area contributed by atoms with Gasteiger partial charge in [0.1, 0.15) is 0 Å². The number of carbonyl (C=O) groups excluding carboxylic acids is 1. The standard InChI is InChI=1S/C14H21N3O/c1-14(2)5-7-17(8-6-14)12-4-3-10(13(16)18)9-11(12)15/h3-4,9H,5-8,15H2,1-2H3,(H2,16,18). The van der Waals surface area contributed by atoms with Crippen LogP contribution in [0.25, 0.3) is 0 Å². The van der Waals surface area contributed by atoms with Crippen LogP contribution >= 0.6 is 0 Å². The van der Waals surface area contributed by atoms with Crippen molar-refractivity contribution in [2.24, 2.45) is 11.1 Å². The molecule has 0 atom stereocenters.